The zero-order valence-electron chi connectivity index (χ0n) is 12.0. The van der Waals surface area contributed by atoms with Gasteiger partial charge in [0.05, 0.1) is 6.54 Å². The third-order valence-corrected chi connectivity index (χ3v) is 3.88. The SMILES string of the molecule is Cc1cc(C=O)cc(C)c1OCC(=O)NCc1cccs1. The summed E-state index contributed by atoms with van der Waals surface area (Å²) in [7, 11) is 0. The molecule has 0 aliphatic rings. The monoisotopic (exact) mass is 303 g/mol. The van der Waals surface area contributed by atoms with Gasteiger partial charge in [0.15, 0.2) is 6.61 Å². The molecule has 0 bridgehead atoms. The molecule has 0 spiro atoms. The van der Waals surface area contributed by atoms with Crippen LogP contribution in [0.15, 0.2) is 29.6 Å². The predicted molar refractivity (Wildman–Crippen MR) is 83.0 cm³/mol. The van der Waals surface area contributed by atoms with Crippen molar-refractivity contribution in [1.29, 1.82) is 0 Å². The fraction of sp³-hybridized carbons (Fsp3) is 0.250. The quantitative estimate of drug-likeness (QED) is 0.835. The van der Waals surface area contributed by atoms with Crippen LogP contribution in [-0.4, -0.2) is 18.8 Å². The van der Waals surface area contributed by atoms with Crippen LogP contribution in [0.25, 0.3) is 0 Å². The molecule has 0 fully saturated rings. The van der Waals surface area contributed by atoms with E-state index in [4.69, 9.17) is 4.74 Å². The number of aryl methyl sites for hydroxylation is 2. The molecule has 110 valence electrons. The lowest BCUT2D eigenvalue weighted by atomic mass is 10.1. The van der Waals surface area contributed by atoms with Crippen molar-refractivity contribution in [2.24, 2.45) is 0 Å². The number of hydrogen-bond acceptors (Lipinski definition) is 4. The van der Waals surface area contributed by atoms with Crippen LogP contribution in [0.3, 0.4) is 0 Å². The highest BCUT2D eigenvalue weighted by Gasteiger charge is 2.09. The number of nitrogens with one attached hydrogen (secondary N) is 1. The Bertz CT molecular complexity index is 612. The van der Waals surface area contributed by atoms with Crippen molar-refractivity contribution in [3.05, 3.63) is 51.2 Å². The van der Waals surface area contributed by atoms with Crippen molar-refractivity contribution >= 4 is 23.5 Å². The molecule has 1 N–H and O–H groups in total. The van der Waals surface area contributed by atoms with E-state index in [2.05, 4.69) is 5.32 Å². The number of amides is 1. The smallest absolute Gasteiger partial charge is 0.258 e. The number of hydrogen-bond donors (Lipinski definition) is 1. The van der Waals surface area contributed by atoms with Crippen LogP contribution in [0.4, 0.5) is 0 Å². The molecule has 0 saturated carbocycles. The predicted octanol–water partition coefficient (Wildman–Crippen LogP) is 2.87. The Kier molecular flexibility index (Phi) is 5.11. The Labute approximate surface area is 127 Å². The first-order valence-corrected chi connectivity index (χ1v) is 7.46. The largest absolute Gasteiger partial charge is 0.483 e. The van der Waals surface area contributed by atoms with E-state index in [0.29, 0.717) is 17.9 Å². The minimum Gasteiger partial charge on any atom is -0.483 e. The Morgan fingerprint density at radius 1 is 1.33 bits per heavy atom. The number of carbonyl (C=O) groups excluding carboxylic acids is 2. The summed E-state index contributed by atoms with van der Waals surface area (Å²) >= 11 is 1.60. The van der Waals surface area contributed by atoms with Crippen molar-refractivity contribution in [3.63, 3.8) is 0 Å². The van der Waals surface area contributed by atoms with Crippen molar-refractivity contribution in [3.8, 4) is 5.75 Å². The highest BCUT2D eigenvalue weighted by molar-refractivity contribution is 7.09. The molecule has 0 saturated heterocycles. The lowest BCUT2D eigenvalue weighted by Crippen LogP contribution is -2.28. The topological polar surface area (TPSA) is 55.4 Å². The van der Waals surface area contributed by atoms with E-state index in [9.17, 15) is 9.59 Å². The highest BCUT2D eigenvalue weighted by atomic mass is 32.1. The van der Waals surface area contributed by atoms with Crippen LogP contribution in [0, 0.1) is 13.8 Å². The van der Waals surface area contributed by atoms with Crippen molar-refractivity contribution < 1.29 is 14.3 Å². The van der Waals surface area contributed by atoms with Crippen LogP contribution in [0.5, 0.6) is 5.75 Å². The summed E-state index contributed by atoms with van der Waals surface area (Å²) < 4.78 is 5.57. The van der Waals surface area contributed by atoms with Gasteiger partial charge in [-0.15, -0.1) is 11.3 Å². The van der Waals surface area contributed by atoms with Gasteiger partial charge in [-0.25, -0.2) is 0 Å². The van der Waals surface area contributed by atoms with Crippen LogP contribution in [0.2, 0.25) is 0 Å². The van der Waals surface area contributed by atoms with E-state index in [1.54, 1.807) is 23.5 Å². The molecule has 1 amide bonds. The molecule has 0 aliphatic heterocycles. The molecule has 1 heterocycles. The molecule has 0 radical (unpaired) electrons. The Morgan fingerprint density at radius 2 is 2.05 bits per heavy atom. The second-order valence-corrected chi connectivity index (χ2v) is 5.78. The Hall–Kier alpha value is -2.14. The summed E-state index contributed by atoms with van der Waals surface area (Å²) in [6.45, 7) is 4.20. The van der Waals surface area contributed by atoms with E-state index < -0.39 is 0 Å². The second kappa shape index (κ2) is 7.04. The lowest BCUT2D eigenvalue weighted by molar-refractivity contribution is -0.123. The van der Waals surface area contributed by atoms with Gasteiger partial charge in [-0.05, 0) is 48.6 Å². The van der Waals surface area contributed by atoms with Gasteiger partial charge in [-0.1, -0.05) is 6.07 Å². The van der Waals surface area contributed by atoms with Crippen LogP contribution < -0.4 is 10.1 Å². The van der Waals surface area contributed by atoms with Gasteiger partial charge in [-0.2, -0.15) is 0 Å². The number of carbonyl (C=O) groups is 2. The van der Waals surface area contributed by atoms with Gasteiger partial charge < -0.3 is 10.1 Å². The van der Waals surface area contributed by atoms with Gasteiger partial charge >= 0.3 is 0 Å². The normalized spacial score (nSPS) is 10.2. The number of thiophene rings is 1. The van der Waals surface area contributed by atoms with E-state index >= 15 is 0 Å². The molecule has 4 nitrogen and oxygen atoms in total. The molecule has 5 heteroatoms. The molecule has 2 rings (SSSR count). The molecular weight excluding hydrogens is 286 g/mol. The first-order valence-electron chi connectivity index (χ1n) is 6.58. The van der Waals surface area contributed by atoms with Crippen LogP contribution in [0.1, 0.15) is 26.4 Å². The summed E-state index contributed by atoms with van der Waals surface area (Å²) in [4.78, 5) is 23.7. The van der Waals surface area contributed by atoms with Gasteiger partial charge in [0.25, 0.3) is 5.91 Å². The van der Waals surface area contributed by atoms with E-state index in [-0.39, 0.29) is 12.5 Å². The minimum atomic E-state index is -0.165. The number of aldehydes is 1. The standard InChI is InChI=1S/C16H17NO3S/c1-11-6-13(9-18)7-12(2)16(11)20-10-15(19)17-8-14-4-3-5-21-14/h3-7,9H,8,10H2,1-2H3,(H,17,19). The van der Waals surface area contributed by atoms with E-state index in [0.717, 1.165) is 22.3 Å². The molecule has 21 heavy (non-hydrogen) atoms. The summed E-state index contributed by atoms with van der Waals surface area (Å²) in [5.74, 6) is 0.494. The maximum atomic E-state index is 11.8. The van der Waals surface area contributed by atoms with Crippen LogP contribution >= 0.6 is 11.3 Å². The first-order chi connectivity index (χ1) is 10.1. The fourth-order valence-corrected chi connectivity index (χ4v) is 2.71. The molecule has 2 aromatic rings. The Balaban J connectivity index is 1.90. The third kappa shape index (κ3) is 4.16. The zero-order valence-corrected chi connectivity index (χ0v) is 12.8. The summed E-state index contributed by atoms with van der Waals surface area (Å²) in [6.07, 6.45) is 0.803. The van der Waals surface area contributed by atoms with Crippen molar-refractivity contribution in [2.75, 3.05) is 6.61 Å². The zero-order chi connectivity index (χ0) is 15.2. The van der Waals surface area contributed by atoms with Gasteiger partial charge in [0.2, 0.25) is 0 Å². The summed E-state index contributed by atoms with van der Waals surface area (Å²) in [5.41, 5.74) is 2.31. The summed E-state index contributed by atoms with van der Waals surface area (Å²) in [5, 5.41) is 4.78. The molecule has 0 aliphatic carbocycles. The third-order valence-electron chi connectivity index (χ3n) is 3.01. The van der Waals surface area contributed by atoms with Gasteiger partial charge in [0, 0.05) is 10.4 Å². The van der Waals surface area contributed by atoms with Crippen molar-refractivity contribution in [2.45, 2.75) is 20.4 Å². The van der Waals surface area contributed by atoms with Crippen molar-refractivity contribution in [1.82, 2.24) is 5.32 Å². The highest BCUT2D eigenvalue weighted by Crippen LogP contribution is 2.24. The van der Waals surface area contributed by atoms with E-state index in [1.807, 2.05) is 31.4 Å². The fourth-order valence-electron chi connectivity index (χ4n) is 2.07. The average molecular weight is 303 g/mol. The van der Waals surface area contributed by atoms with E-state index in [1.165, 1.54) is 0 Å². The second-order valence-electron chi connectivity index (χ2n) is 4.75. The molecule has 1 aromatic heterocycles. The number of ether oxygens (including phenoxy) is 1. The van der Waals surface area contributed by atoms with Gasteiger partial charge in [0.1, 0.15) is 12.0 Å². The first kappa shape index (κ1) is 15.3. The number of rotatable bonds is 6. The average Bonchev–Trinajstić information content (AvgIpc) is 2.97. The minimum absolute atomic E-state index is 0.0342. The molecule has 0 atom stereocenters. The maximum Gasteiger partial charge on any atom is 0.258 e. The van der Waals surface area contributed by atoms with Gasteiger partial charge in [-0.3, -0.25) is 9.59 Å². The molecule has 0 unspecified atom stereocenters. The maximum absolute atomic E-state index is 11.8. The lowest BCUT2D eigenvalue weighted by Gasteiger charge is -2.12. The molecule has 1 aromatic carbocycles. The number of benzene rings is 1. The Morgan fingerprint density at radius 3 is 2.62 bits per heavy atom. The van der Waals surface area contributed by atoms with Crippen LogP contribution in [-0.2, 0) is 11.3 Å². The summed E-state index contributed by atoms with van der Waals surface area (Å²) in [6, 6.07) is 7.42. The molecular formula is C16H17NO3S.